The van der Waals surface area contributed by atoms with Crippen LogP contribution < -0.4 is 0 Å². The van der Waals surface area contributed by atoms with Gasteiger partial charge in [0.15, 0.2) is 0 Å². The Balaban J connectivity index is 2.61. The lowest BCUT2D eigenvalue weighted by molar-refractivity contribution is 0.253. The Hall–Kier alpha value is -0.620. The summed E-state index contributed by atoms with van der Waals surface area (Å²) in [6.07, 6.45) is 0. The van der Waals surface area contributed by atoms with Gasteiger partial charge in [0, 0.05) is 5.02 Å². The fraction of sp³-hybridized carbons (Fsp3) is 0.143. The first-order chi connectivity index (χ1) is 5.97. The lowest BCUT2D eigenvalue weighted by Gasteiger charge is -2.06. The summed E-state index contributed by atoms with van der Waals surface area (Å²) >= 11 is 5.58. The molecule has 0 saturated heterocycles. The standard InChI is InChI=1S/C7H7ClO4S/c8-7-3-1-6(2-4-7)5-12-13(9,10)11/h1-4H,5H2,(H,9,10,11)/p-1. The summed E-state index contributed by atoms with van der Waals surface area (Å²) in [4.78, 5) is 0. The Morgan fingerprint density at radius 3 is 2.31 bits per heavy atom. The van der Waals surface area contributed by atoms with Crippen LogP contribution in [0.4, 0.5) is 0 Å². The van der Waals surface area contributed by atoms with Gasteiger partial charge in [-0.1, -0.05) is 23.7 Å². The van der Waals surface area contributed by atoms with E-state index in [4.69, 9.17) is 11.6 Å². The van der Waals surface area contributed by atoms with E-state index in [-0.39, 0.29) is 6.61 Å². The van der Waals surface area contributed by atoms with Crippen LogP contribution in [0.25, 0.3) is 0 Å². The van der Waals surface area contributed by atoms with Crippen molar-refractivity contribution in [3.05, 3.63) is 34.9 Å². The minimum atomic E-state index is -4.62. The van der Waals surface area contributed by atoms with Crippen LogP contribution >= 0.6 is 11.6 Å². The molecular weight excluding hydrogens is 216 g/mol. The zero-order chi connectivity index (χ0) is 9.90. The number of hydrogen-bond acceptors (Lipinski definition) is 4. The molecule has 0 unspecified atom stereocenters. The molecule has 0 saturated carbocycles. The van der Waals surface area contributed by atoms with Crippen molar-refractivity contribution in [3.63, 3.8) is 0 Å². The molecule has 13 heavy (non-hydrogen) atoms. The lowest BCUT2D eigenvalue weighted by atomic mass is 10.2. The molecule has 0 radical (unpaired) electrons. The number of hydrogen-bond donors (Lipinski definition) is 0. The van der Waals surface area contributed by atoms with Crippen molar-refractivity contribution < 1.29 is 17.2 Å². The summed E-state index contributed by atoms with van der Waals surface area (Å²) in [5.41, 5.74) is 0.573. The van der Waals surface area contributed by atoms with Crippen LogP contribution in [-0.2, 0) is 21.2 Å². The Kier molecular flexibility index (Phi) is 3.27. The molecule has 72 valence electrons. The zero-order valence-corrected chi connectivity index (χ0v) is 8.01. The van der Waals surface area contributed by atoms with E-state index >= 15 is 0 Å². The molecule has 0 N–H and O–H groups in total. The van der Waals surface area contributed by atoms with Gasteiger partial charge in [-0.2, -0.15) is 0 Å². The van der Waals surface area contributed by atoms with Crippen LogP contribution in [0.15, 0.2) is 24.3 Å². The lowest BCUT2D eigenvalue weighted by Crippen LogP contribution is -2.03. The van der Waals surface area contributed by atoms with Gasteiger partial charge in [-0.05, 0) is 17.7 Å². The molecule has 0 aliphatic carbocycles. The highest BCUT2D eigenvalue weighted by Gasteiger charge is 1.97. The third-order valence-electron chi connectivity index (χ3n) is 1.28. The Labute approximate surface area is 81.1 Å². The van der Waals surface area contributed by atoms with Crippen molar-refractivity contribution in [2.24, 2.45) is 0 Å². The molecule has 6 heteroatoms. The molecule has 1 aromatic carbocycles. The van der Waals surface area contributed by atoms with Crippen molar-refractivity contribution in [1.29, 1.82) is 0 Å². The van der Waals surface area contributed by atoms with E-state index in [1.54, 1.807) is 24.3 Å². The average Bonchev–Trinajstić information content (AvgIpc) is 2.02. The fourth-order valence-electron chi connectivity index (χ4n) is 0.721. The largest absolute Gasteiger partial charge is 0.726 e. The van der Waals surface area contributed by atoms with E-state index in [9.17, 15) is 13.0 Å². The normalized spacial score (nSPS) is 11.5. The zero-order valence-electron chi connectivity index (χ0n) is 6.44. The molecule has 0 spiro atoms. The highest BCUT2D eigenvalue weighted by molar-refractivity contribution is 7.80. The van der Waals surface area contributed by atoms with Crippen LogP contribution in [0.3, 0.4) is 0 Å². The molecular formula is C7H6ClO4S-. The quantitative estimate of drug-likeness (QED) is 0.570. The van der Waals surface area contributed by atoms with Crippen molar-refractivity contribution in [3.8, 4) is 0 Å². The molecule has 0 amide bonds. The molecule has 0 aliphatic rings. The van der Waals surface area contributed by atoms with Gasteiger partial charge in [0.25, 0.3) is 0 Å². The van der Waals surface area contributed by atoms with Gasteiger partial charge in [0.05, 0.1) is 6.61 Å². The van der Waals surface area contributed by atoms with Gasteiger partial charge in [-0.25, -0.2) is 8.42 Å². The molecule has 4 nitrogen and oxygen atoms in total. The van der Waals surface area contributed by atoms with Crippen molar-refractivity contribution >= 4 is 22.0 Å². The summed E-state index contributed by atoms with van der Waals surface area (Å²) in [5, 5.41) is 0.536. The Morgan fingerprint density at radius 2 is 1.85 bits per heavy atom. The second-order valence-corrected chi connectivity index (χ2v) is 3.79. The predicted octanol–water partition coefficient (Wildman–Crippen LogP) is 1.32. The maximum Gasteiger partial charge on any atom is 0.217 e. The third-order valence-corrected chi connectivity index (χ3v) is 1.94. The van der Waals surface area contributed by atoms with Gasteiger partial charge in [-0.3, -0.25) is 4.18 Å². The molecule has 0 heterocycles. The van der Waals surface area contributed by atoms with Crippen LogP contribution in [-0.4, -0.2) is 13.0 Å². The minimum absolute atomic E-state index is 0.261. The van der Waals surface area contributed by atoms with E-state index in [0.717, 1.165) is 0 Å². The Bertz CT molecular complexity index is 370. The van der Waals surface area contributed by atoms with Crippen molar-refractivity contribution in [2.75, 3.05) is 0 Å². The minimum Gasteiger partial charge on any atom is -0.726 e. The van der Waals surface area contributed by atoms with E-state index in [0.29, 0.717) is 10.6 Å². The van der Waals surface area contributed by atoms with E-state index in [2.05, 4.69) is 4.18 Å². The fourth-order valence-corrected chi connectivity index (χ4v) is 1.13. The third kappa shape index (κ3) is 4.23. The first kappa shape index (κ1) is 10.5. The first-order valence-corrected chi connectivity index (χ1v) is 5.03. The summed E-state index contributed by atoms with van der Waals surface area (Å²) < 4.78 is 34.2. The first-order valence-electron chi connectivity index (χ1n) is 3.32. The van der Waals surface area contributed by atoms with E-state index in [1.807, 2.05) is 0 Å². The predicted molar refractivity (Wildman–Crippen MR) is 45.9 cm³/mol. The van der Waals surface area contributed by atoms with Crippen LogP contribution in [0.1, 0.15) is 5.56 Å². The molecule has 0 aliphatic heterocycles. The Morgan fingerprint density at radius 1 is 1.31 bits per heavy atom. The summed E-state index contributed by atoms with van der Waals surface area (Å²) in [7, 11) is -4.62. The average molecular weight is 222 g/mol. The number of benzene rings is 1. The SMILES string of the molecule is O=S(=O)([O-])OCc1ccc(Cl)cc1. The van der Waals surface area contributed by atoms with Crippen LogP contribution in [0.2, 0.25) is 5.02 Å². The second-order valence-electron chi connectivity index (χ2n) is 2.30. The van der Waals surface area contributed by atoms with Crippen LogP contribution in [0.5, 0.6) is 0 Å². The van der Waals surface area contributed by atoms with Crippen molar-refractivity contribution in [1.82, 2.24) is 0 Å². The molecule has 0 aromatic heterocycles. The van der Waals surface area contributed by atoms with Gasteiger partial charge in [0.2, 0.25) is 10.4 Å². The molecule has 0 fully saturated rings. The molecule has 0 atom stereocenters. The highest BCUT2D eigenvalue weighted by Crippen LogP contribution is 2.10. The monoisotopic (exact) mass is 221 g/mol. The topological polar surface area (TPSA) is 66.4 Å². The summed E-state index contributed by atoms with van der Waals surface area (Å²) in [5.74, 6) is 0. The summed E-state index contributed by atoms with van der Waals surface area (Å²) in [6.45, 7) is -0.261. The van der Waals surface area contributed by atoms with Crippen LogP contribution in [0, 0.1) is 0 Å². The maximum absolute atomic E-state index is 10.1. The van der Waals surface area contributed by atoms with E-state index < -0.39 is 10.4 Å². The van der Waals surface area contributed by atoms with Gasteiger partial charge in [-0.15, -0.1) is 0 Å². The number of rotatable bonds is 3. The van der Waals surface area contributed by atoms with E-state index in [1.165, 1.54) is 0 Å². The summed E-state index contributed by atoms with van der Waals surface area (Å²) in [6, 6.07) is 6.32. The van der Waals surface area contributed by atoms with Gasteiger partial charge < -0.3 is 4.55 Å². The molecule has 1 rings (SSSR count). The van der Waals surface area contributed by atoms with Gasteiger partial charge >= 0.3 is 0 Å². The molecule has 1 aromatic rings. The highest BCUT2D eigenvalue weighted by atomic mass is 35.5. The second kappa shape index (κ2) is 4.06. The smallest absolute Gasteiger partial charge is 0.217 e. The molecule has 0 bridgehead atoms. The van der Waals surface area contributed by atoms with Gasteiger partial charge in [0.1, 0.15) is 0 Å². The number of halogens is 1. The maximum atomic E-state index is 10.1. The van der Waals surface area contributed by atoms with Crippen molar-refractivity contribution in [2.45, 2.75) is 6.61 Å².